The van der Waals surface area contributed by atoms with E-state index in [0.717, 1.165) is 6.42 Å². The highest BCUT2D eigenvalue weighted by Crippen LogP contribution is 2.42. The van der Waals surface area contributed by atoms with E-state index in [-0.39, 0.29) is 12.0 Å². The van der Waals surface area contributed by atoms with Gasteiger partial charge in [-0.15, -0.1) is 0 Å². The molecular weight excluding hydrogens is 471 g/mol. The summed E-state index contributed by atoms with van der Waals surface area (Å²) in [5, 5.41) is 21.4. The molecule has 6 heteroatoms. The maximum absolute atomic E-state index is 10.7. The fourth-order valence-corrected chi connectivity index (χ4v) is 4.30. The highest BCUT2D eigenvalue weighted by atomic mass is 16.6. The van der Waals surface area contributed by atoms with Crippen molar-refractivity contribution in [2.24, 2.45) is 0 Å². The Hall–Kier alpha value is -4.10. The Morgan fingerprint density at radius 2 is 0.868 bits per heavy atom. The van der Waals surface area contributed by atoms with E-state index in [9.17, 15) is 10.0 Å². The van der Waals surface area contributed by atoms with Crippen LogP contribution in [-0.2, 0) is 10.1 Å². The van der Waals surface area contributed by atoms with Crippen molar-refractivity contribution in [1.82, 2.24) is 0 Å². The van der Waals surface area contributed by atoms with Crippen LogP contribution in [0.2, 0.25) is 0 Å². The Morgan fingerprint density at radius 1 is 0.526 bits per heavy atom. The van der Waals surface area contributed by atoms with Gasteiger partial charge in [0.25, 0.3) is 0 Å². The summed E-state index contributed by atoms with van der Waals surface area (Å²) in [6, 6.07) is 42.8. The van der Waals surface area contributed by atoms with Crippen LogP contribution in [0.25, 0.3) is 0 Å². The van der Waals surface area contributed by atoms with E-state index in [2.05, 4.69) is 46.4 Å². The summed E-state index contributed by atoms with van der Waals surface area (Å²) in [7, 11) is -2.23. The van der Waals surface area contributed by atoms with E-state index in [4.69, 9.17) is 4.65 Å². The summed E-state index contributed by atoms with van der Waals surface area (Å²) in [6.45, 7) is 0.159. The second-order valence-corrected chi connectivity index (χ2v) is 8.42. The molecule has 3 aromatic carbocycles. The molecule has 2 aromatic heterocycles. The zero-order valence-corrected chi connectivity index (χ0v) is 21.4. The van der Waals surface area contributed by atoms with E-state index in [0.29, 0.717) is 6.42 Å². The van der Waals surface area contributed by atoms with Gasteiger partial charge in [-0.1, -0.05) is 103 Å². The Balaban J connectivity index is 0.000000271. The molecule has 0 amide bonds. The lowest BCUT2D eigenvalue weighted by atomic mass is 9.67. The summed E-state index contributed by atoms with van der Waals surface area (Å²) in [4.78, 5) is 5.78. The second-order valence-electron chi connectivity index (χ2n) is 8.42. The molecule has 0 spiro atoms. The molecule has 0 bridgehead atoms. The lowest BCUT2D eigenvalue weighted by Crippen LogP contribution is -2.48. The van der Waals surface area contributed by atoms with Gasteiger partial charge in [0.1, 0.15) is 0 Å². The topological polar surface area (TPSA) is 83.6 Å². The molecule has 0 saturated heterocycles. The van der Waals surface area contributed by atoms with Crippen molar-refractivity contribution >= 4 is 7.32 Å². The number of pyridine rings is 2. The van der Waals surface area contributed by atoms with Gasteiger partial charge < -0.3 is 14.7 Å². The minimum Gasteiger partial charge on any atom is -0.871 e. The zero-order valence-electron chi connectivity index (χ0n) is 21.4. The Labute approximate surface area is 225 Å². The fourth-order valence-electron chi connectivity index (χ4n) is 4.30. The van der Waals surface area contributed by atoms with E-state index < -0.39 is 7.32 Å². The maximum Gasteiger partial charge on any atom is 0.166 e. The number of nitrogens with one attached hydrogen (secondary N) is 2. The highest BCUT2D eigenvalue weighted by molar-refractivity contribution is 6.28. The molecule has 0 radical (unpaired) electrons. The highest BCUT2D eigenvalue weighted by Gasteiger charge is 2.35. The van der Waals surface area contributed by atoms with Crippen LogP contribution in [0.1, 0.15) is 29.5 Å². The lowest BCUT2D eigenvalue weighted by Gasteiger charge is -2.37. The van der Waals surface area contributed by atoms with Gasteiger partial charge in [-0.25, -0.2) is 9.97 Å². The summed E-state index contributed by atoms with van der Waals surface area (Å²) >= 11 is 0. The van der Waals surface area contributed by atoms with Crippen LogP contribution < -0.4 is 20.0 Å². The molecule has 0 aliphatic carbocycles. The summed E-state index contributed by atoms with van der Waals surface area (Å²) in [6.07, 6.45) is 8.84. The quantitative estimate of drug-likeness (QED) is 0.184. The Kier molecular flexibility index (Phi) is 12.4. The third kappa shape index (κ3) is 9.09. The number of aromatic nitrogens is 2. The molecule has 0 unspecified atom stereocenters. The van der Waals surface area contributed by atoms with Gasteiger partial charge in [-0.3, -0.25) is 0 Å². The van der Waals surface area contributed by atoms with Gasteiger partial charge in [-0.05, 0) is 29.5 Å². The molecule has 0 saturated carbocycles. The van der Waals surface area contributed by atoms with Gasteiger partial charge in [0.15, 0.2) is 24.8 Å². The monoisotopic (exact) mass is 504 g/mol. The van der Waals surface area contributed by atoms with Gasteiger partial charge in [-0.2, -0.15) is 0 Å². The third-order valence-corrected chi connectivity index (χ3v) is 5.96. The van der Waals surface area contributed by atoms with E-state index in [1.807, 2.05) is 116 Å². The van der Waals surface area contributed by atoms with Crippen molar-refractivity contribution in [3.8, 4) is 0 Å². The number of rotatable bonds is 8. The second kappa shape index (κ2) is 16.6. The average Bonchev–Trinajstić information content (AvgIpc) is 3.01. The van der Waals surface area contributed by atoms with Crippen molar-refractivity contribution in [2.45, 2.75) is 18.3 Å². The molecule has 0 atom stereocenters. The lowest BCUT2D eigenvalue weighted by molar-refractivity contribution is -0.381. The average molecular weight is 504 g/mol. The van der Waals surface area contributed by atoms with Crippen molar-refractivity contribution in [2.75, 3.05) is 6.61 Å². The van der Waals surface area contributed by atoms with Crippen LogP contribution in [0, 0.1) is 0 Å². The fraction of sp³-hybridized carbons (Fsp3) is 0.125. The van der Waals surface area contributed by atoms with Crippen molar-refractivity contribution in [1.29, 1.82) is 0 Å². The molecule has 2 heterocycles. The predicted octanol–water partition coefficient (Wildman–Crippen LogP) is 3.52. The normalized spacial score (nSPS) is 10.3. The maximum atomic E-state index is 10.7. The molecule has 0 aliphatic heterocycles. The van der Waals surface area contributed by atoms with E-state index >= 15 is 0 Å². The molecular formula is C32H33BN2O3. The van der Waals surface area contributed by atoms with Crippen molar-refractivity contribution in [3.63, 3.8) is 0 Å². The molecule has 5 rings (SSSR count). The van der Waals surface area contributed by atoms with Gasteiger partial charge in [0.05, 0.1) is 7.32 Å². The summed E-state index contributed by atoms with van der Waals surface area (Å²) in [5.74, 6) is 0. The molecule has 192 valence electrons. The first-order valence-corrected chi connectivity index (χ1v) is 12.7. The van der Waals surface area contributed by atoms with Crippen LogP contribution in [0.15, 0.2) is 152 Å². The first kappa shape index (κ1) is 28.5. The molecule has 5 aromatic rings. The minimum absolute atomic E-state index is 0.159. The number of hydrogen-bond acceptors (Lipinski definition) is 3. The van der Waals surface area contributed by atoms with Gasteiger partial charge >= 0.3 is 0 Å². The van der Waals surface area contributed by atoms with Crippen LogP contribution >= 0.6 is 0 Å². The first-order chi connectivity index (χ1) is 18.7. The number of hydrogen-bond donors (Lipinski definition) is 0. The number of aromatic amines is 2. The van der Waals surface area contributed by atoms with Crippen LogP contribution in [0.5, 0.6) is 0 Å². The smallest absolute Gasteiger partial charge is 0.166 e. The molecule has 0 fully saturated rings. The zero-order chi connectivity index (χ0) is 26.7. The SMILES string of the molecule is [O-]B([O-])OCCCC(c1ccccc1)(c1ccccc1)c1ccccc1.c1cc[nH+]cc1.c1cc[nH+]cc1. The van der Waals surface area contributed by atoms with E-state index in [1.54, 1.807) is 0 Å². The molecule has 5 nitrogen and oxygen atoms in total. The molecule has 0 aliphatic rings. The van der Waals surface area contributed by atoms with Gasteiger partial charge in [0.2, 0.25) is 0 Å². The van der Waals surface area contributed by atoms with Crippen molar-refractivity contribution in [3.05, 3.63) is 169 Å². The third-order valence-electron chi connectivity index (χ3n) is 5.96. The summed E-state index contributed by atoms with van der Waals surface area (Å²) in [5.41, 5.74) is 3.17. The number of H-pyrrole nitrogens is 2. The largest absolute Gasteiger partial charge is 0.871 e. The molecule has 38 heavy (non-hydrogen) atoms. The van der Waals surface area contributed by atoms with Crippen LogP contribution in [-0.4, -0.2) is 13.9 Å². The van der Waals surface area contributed by atoms with Gasteiger partial charge in [0, 0.05) is 36.3 Å². The standard InChI is InChI=1S/C22H21BO3.2C5H5N/c24-23(25)26-18-10-17-22(19-11-4-1-5-12-19,20-13-6-2-7-14-20)21-15-8-3-9-16-21;2*1-2-4-6-5-3-1/h1-9,11-16H,10,17-18H2;2*1-5H/q-2;;/p+2. The van der Waals surface area contributed by atoms with Crippen LogP contribution in [0.3, 0.4) is 0 Å². The van der Waals surface area contributed by atoms with Crippen molar-refractivity contribution < 1.29 is 24.7 Å². The molecule has 2 N–H and O–H groups in total. The Morgan fingerprint density at radius 3 is 1.13 bits per heavy atom. The van der Waals surface area contributed by atoms with E-state index in [1.165, 1.54) is 16.7 Å². The Bertz CT molecular complexity index is 1050. The number of benzene rings is 3. The minimum atomic E-state index is -2.23. The van der Waals surface area contributed by atoms with Crippen LogP contribution in [0.4, 0.5) is 0 Å². The predicted molar refractivity (Wildman–Crippen MR) is 146 cm³/mol. The first-order valence-electron chi connectivity index (χ1n) is 12.7. The summed E-state index contributed by atoms with van der Waals surface area (Å²) < 4.78 is 4.73.